The van der Waals surface area contributed by atoms with Gasteiger partial charge in [0.15, 0.2) is 0 Å². The zero-order valence-corrected chi connectivity index (χ0v) is 6.21. The van der Waals surface area contributed by atoms with Gasteiger partial charge in [-0.05, 0) is 12.3 Å². The van der Waals surface area contributed by atoms with Crippen molar-refractivity contribution in [2.45, 2.75) is 33.1 Å². The van der Waals surface area contributed by atoms with Gasteiger partial charge in [0, 0.05) is 5.38 Å². The van der Waals surface area contributed by atoms with Crippen LogP contribution in [0.4, 0.5) is 0 Å². The molecule has 0 bridgehead atoms. The van der Waals surface area contributed by atoms with E-state index in [1.165, 1.54) is 0 Å². The Balaban J connectivity index is 3.54. The SMILES string of the molecule is C[C@H](Cl)C(C)(C)C. The summed E-state index contributed by atoms with van der Waals surface area (Å²) in [5, 5.41) is 0.271. The van der Waals surface area contributed by atoms with E-state index in [-0.39, 0.29) is 10.8 Å². The molecule has 0 aromatic rings. The summed E-state index contributed by atoms with van der Waals surface area (Å²) in [5.74, 6) is 0. The Morgan fingerprint density at radius 3 is 1.43 bits per heavy atom. The van der Waals surface area contributed by atoms with E-state index in [1.807, 2.05) is 6.92 Å². The molecular formula is C6H13Cl. The third-order valence-electron chi connectivity index (χ3n) is 1.19. The first-order chi connectivity index (χ1) is 2.94. The minimum Gasteiger partial charge on any atom is -0.123 e. The Hall–Kier alpha value is 0.290. The molecule has 0 amide bonds. The average Bonchev–Trinajstić information content (AvgIpc) is 1.31. The molecule has 44 valence electrons. The van der Waals surface area contributed by atoms with Gasteiger partial charge >= 0.3 is 0 Å². The molecule has 0 aromatic heterocycles. The van der Waals surface area contributed by atoms with Crippen molar-refractivity contribution in [1.29, 1.82) is 0 Å². The second-order valence-electron chi connectivity index (χ2n) is 2.98. The maximum atomic E-state index is 5.75. The molecule has 0 saturated heterocycles. The minimum absolute atomic E-state index is 0.265. The Morgan fingerprint density at radius 2 is 1.43 bits per heavy atom. The lowest BCUT2D eigenvalue weighted by Gasteiger charge is -2.20. The highest BCUT2D eigenvalue weighted by Crippen LogP contribution is 2.22. The molecule has 0 aliphatic rings. The Bertz CT molecular complexity index is 49.7. The largest absolute Gasteiger partial charge is 0.123 e. The lowest BCUT2D eigenvalue weighted by atomic mass is 9.93. The van der Waals surface area contributed by atoms with E-state index in [9.17, 15) is 0 Å². The Labute approximate surface area is 50.9 Å². The van der Waals surface area contributed by atoms with Crippen molar-refractivity contribution in [1.82, 2.24) is 0 Å². The van der Waals surface area contributed by atoms with Crippen LogP contribution in [0.15, 0.2) is 0 Å². The van der Waals surface area contributed by atoms with Crippen LogP contribution in [0.5, 0.6) is 0 Å². The van der Waals surface area contributed by atoms with Crippen molar-refractivity contribution in [2.24, 2.45) is 5.41 Å². The molecule has 0 aliphatic heterocycles. The molecule has 0 nitrogen and oxygen atoms in total. The average molecular weight is 121 g/mol. The van der Waals surface area contributed by atoms with Crippen LogP contribution in [-0.4, -0.2) is 5.38 Å². The van der Waals surface area contributed by atoms with E-state index < -0.39 is 0 Å². The van der Waals surface area contributed by atoms with Gasteiger partial charge in [-0.2, -0.15) is 0 Å². The van der Waals surface area contributed by atoms with Crippen molar-refractivity contribution in [3.05, 3.63) is 0 Å². The lowest BCUT2D eigenvalue weighted by Crippen LogP contribution is -2.16. The lowest BCUT2D eigenvalue weighted by molar-refractivity contribution is 0.405. The summed E-state index contributed by atoms with van der Waals surface area (Å²) in [6.45, 7) is 8.40. The van der Waals surface area contributed by atoms with E-state index >= 15 is 0 Å². The number of halogens is 1. The summed E-state index contributed by atoms with van der Waals surface area (Å²) >= 11 is 5.75. The van der Waals surface area contributed by atoms with Crippen molar-refractivity contribution in [2.75, 3.05) is 0 Å². The predicted molar refractivity (Wildman–Crippen MR) is 34.8 cm³/mol. The molecule has 0 unspecified atom stereocenters. The van der Waals surface area contributed by atoms with Crippen LogP contribution in [0.25, 0.3) is 0 Å². The van der Waals surface area contributed by atoms with Crippen LogP contribution in [-0.2, 0) is 0 Å². The smallest absolute Gasteiger partial charge is 0.0356 e. The molecule has 0 aliphatic carbocycles. The van der Waals surface area contributed by atoms with E-state index in [1.54, 1.807) is 0 Å². The van der Waals surface area contributed by atoms with Crippen LogP contribution >= 0.6 is 11.6 Å². The highest BCUT2D eigenvalue weighted by atomic mass is 35.5. The van der Waals surface area contributed by atoms with Crippen LogP contribution in [0.2, 0.25) is 0 Å². The second-order valence-corrected chi connectivity index (χ2v) is 3.64. The van der Waals surface area contributed by atoms with Gasteiger partial charge in [-0.3, -0.25) is 0 Å². The third kappa shape index (κ3) is 2.93. The predicted octanol–water partition coefficient (Wildman–Crippen LogP) is 2.66. The van der Waals surface area contributed by atoms with E-state index in [2.05, 4.69) is 20.8 Å². The fraction of sp³-hybridized carbons (Fsp3) is 1.00. The summed E-state index contributed by atoms with van der Waals surface area (Å²) in [7, 11) is 0. The summed E-state index contributed by atoms with van der Waals surface area (Å²) in [6.07, 6.45) is 0. The van der Waals surface area contributed by atoms with Gasteiger partial charge in [0.05, 0.1) is 0 Å². The van der Waals surface area contributed by atoms with Crippen LogP contribution < -0.4 is 0 Å². The monoisotopic (exact) mass is 120 g/mol. The second kappa shape index (κ2) is 2.04. The third-order valence-corrected chi connectivity index (χ3v) is 1.85. The zero-order chi connectivity index (χ0) is 6.08. The Kier molecular flexibility index (Phi) is 2.12. The molecule has 0 radical (unpaired) electrons. The molecule has 0 heterocycles. The first-order valence-electron chi connectivity index (χ1n) is 2.58. The highest BCUT2D eigenvalue weighted by molar-refractivity contribution is 6.20. The van der Waals surface area contributed by atoms with E-state index in [4.69, 9.17) is 11.6 Å². The van der Waals surface area contributed by atoms with E-state index in [0.717, 1.165) is 0 Å². The molecule has 0 spiro atoms. The van der Waals surface area contributed by atoms with Gasteiger partial charge in [-0.25, -0.2) is 0 Å². The molecule has 1 atom stereocenters. The summed E-state index contributed by atoms with van der Waals surface area (Å²) in [5.41, 5.74) is 0.265. The van der Waals surface area contributed by atoms with Gasteiger partial charge in [-0.1, -0.05) is 20.8 Å². The van der Waals surface area contributed by atoms with Crippen molar-refractivity contribution in [3.63, 3.8) is 0 Å². The summed E-state index contributed by atoms with van der Waals surface area (Å²) < 4.78 is 0. The number of hydrogen-bond acceptors (Lipinski definition) is 0. The number of hydrogen-bond donors (Lipinski definition) is 0. The highest BCUT2D eigenvalue weighted by Gasteiger charge is 2.16. The number of alkyl halides is 1. The van der Waals surface area contributed by atoms with Crippen LogP contribution in [0.1, 0.15) is 27.7 Å². The van der Waals surface area contributed by atoms with Gasteiger partial charge in [0.2, 0.25) is 0 Å². The molecule has 0 fully saturated rings. The first-order valence-corrected chi connectivity index (χ1v) is 3.02. The van der Waals surface area contributed by atoms with Crippen molar-refractivity contribution < 1.29 is 0 Å². The maximum Gasteiger partial charge on any atom is 0.0356 e. The normalized spacial score (nSPS) is 16.7. The molecular weight excluding hydrogens is 108 g/mol. The zero-order valence-electron chi connectivity index (χ0n) is 5.46. The molecule has 7 heavy (non-hydrogen) atoms. The minimum atomic E-state index is 0.265. The standard InChI is InChI=1S/C6H13Cl/c1-5(7)6(2,3)4/h5H,1-4H3/t5-/m0/s1. The van der Waals surface area contributed by atoms with E-state index in [0.29, 0.717) is 0 Å². The molecule has 0 aromatic carbocycles. The Morgan fingerprint density at radius 1 is 1.29 bits per heavy atom. The molecule has 0 saturated carbocycles. The maximum absolute atomic E-state index is 5.75. The van der Waals surface area contributed by atoms with Gasteiger partial charge < -0.3 is 0 Å². The van der Waals surface area contributed by atoms with Gasteiger partial charge in [0.25, 0.3) is 0 Å². The molecule has 1 heteroatoms. The summed E-state index contributed by atoms with van der Waals surface area (Å²) in [6, 6.07) is 0. The van der Waals surface area contributed by atoms with Crippen molar-refractivity contribution in [3.8, 4) is 0 Å². The quantitative estimate of drug-likeness (QED) is 0.431. The van der Waals surface area contributed by atoms with Gasteiger partial charge in [0.1, 0.15) is 0 Å². The summed E-state index contributed by atoms with van der Waals surface area (Å²) in [4.78, 5) is 0. The van der Waals surface area contributed by atoms with Gasteiger partial charge in [-0.15, -0.1) is 11.6 Å². The fourth-order valence-corrected chi connectivity index (χ4v) is 0. The van der Waals surface area contributed by atoms with Crippen LogP contribution in [0, 0.1) is 5.41 Å². The fourth-order valence-electron chi connectivity index (χ4n) is 0. The molecule has 0 N–H and O–H groups in total. The topological polar surface area (TPSA) is 0 Å². The number of rotatable bonds is 0. The van der Waals surface area contributed by atoms with Crippen molar-refractivity contribution >= 4 is 11.6 Å². The molecule has 0 rings (SSSR count). The first kappa shape index (κ1) is 7.29. The van der Waals surface area contributed by atoms with Crippen LogP contribution in [0.3, 0.4) is 0 Å².